The van der Waals surface area contributed by atoms with E-state index in [2.05, 4.69) is 44.8 Å². The Bertz CT molecular complexity index is 897. The number of nitrogens with one attached hydrogen (secondary N) is 2. The van der Waals surface area contributed by atoms with Crippen LogP contribution in [0.15, 0.2) is 79.0 Å². The first-order valence-electron chi connectivity index (χ1n) is 9.61. The van der Waals surface area contributed by atoms with E-state index in [0.29, 0.717) is 12.1 Å². The topological polar surface area (TPSA) is 57.3 Å². The van der Waals surface area contributed by atoms with Gasteiger partial charge in [0.25, 0.3) is 5.91 Å². The number of pyridine rings is 1. The smallest absolute Gasteiger partial charge is 0.253 e. The largest absolute Gasteiger partial charge is 0.353 e. The number of hydrogen-bond donors (Lipinski definition) is 2. The molecule has 2 heterocycles. The molecule has 1 aromatic heterocycles. The molecular weight excluding hydrogens is 348 g/mol. The molecule has 4 rings (SSSR count). The Morgan fingerprint density at radius 2 is 1.79 bits per heavy atom. The van der Waals surface area contributed by atoms with Crippen LogP contribution in [-0.4, -0.2) is 30.5 Å². The van der Waals surface area contributed by atoms with Gasteiger partial charge in [-0.05, 0) is 23.3 Å². The highest BCUT2D eigenvalue weighted by Crippen LogP contribution is 2.21. The molecule has 142 valence electrons. The van der Waals surface area contributed by atoms with E-state index in [0.717, 1.165) is 31.0 Å². The Kier molecular flexibility index (Phi) is 5.64. The zero-order chi connectivity index (χ0) is 19.2. The third-order valence-corrected chi connectivity index (χ3v) is 5.01. The fourth-order valence-corrected chi connectivity index (χ4v) is 3.45. The molecule has 5 heteroatoms. The zero-order valence-electron chi connectivity index (χ0n) is 15.7. The molecule has 0 aliphatic carbocycles. The first-order chi connectivity index (χ1) is 13.8. The lowest BCUT2D eigenvalue weighted by molar-refractivity contribution is 0.0950. The van der Waals surface area contributed by atoms with E-state index in [9.17, 15) is 4.79 Å². The van der Waals surface area contributed by atoms with Crippen molar-refractivity contribution in [2.75, 3.05) is 24.5 Å². The summed E-state index contributed by atoms with van der Waals surface area (Å²) in [7, 11) is 0. The minimum absolute atomic E-state index is 0.106. The van der Waals surface area contributed by atoms with Crippen molar-refractivity contribution in [2.24, 2.45) is 0 Å². The van der Waals surface area contributed by atoms with Crippen LogP contribution in [0.4, 0.5) is 5.82 Å². The molecule has 28 heavy (non-hydrogen) atoms. The number of piperazine rings is 1. The molecule has 2 N–H and O–H groups in total. The standard InChI is InChI=1S/C23H24N4O/c28-23(26-15-18-7-3-1-4-8-18)20-11-12-22(25-16-20)27-14-13-24-21(17-27)19-9-5-2-6-10-19/h1-12,16,21,24H,13-15,17H2,(H,26,28)/t21-/m1/s1. The van der Waals surface area contributed by atoms with Crippen molar-refractivity contribution in [1.82, 2.24) is 15.6 Å². The van der Waals surface area contributed by atoms with Gasteiger partial charge in [-0.25, -0.2) is 4.98 Å². The molecule has 0 radical (unpaired) electrons. The van der Waals surface area contributed by atoms with Crippen LogP contribution >= 0.6 is 0 Å². The molecule has 3 aromatic rings. The summed E-state index contributed by atoms with van der Waals surface area (Å²) in [4.78, 5) is 19.2. The van der Waals surface area contributed by atoms with Gasteiger partial charge in [-0.15, -0.1) is 0 Å². The molecule has 1 atom stereocenters. The molecular formula is C23H24N4O. The Morgan fingerprint density at radius 3 is 2.50 bits per heavy atom. The van der Waals surface area contributed by atoms with Crippen molar-refractivity contribution < 1.29 is 4.79 Å². The SMILES string of the molecule is O=C(NCc1ccccc1)c1ccc(N2CCN[C@@H](c3ccccc3)C2)nc1. The predicted molar refractivity (Wildman–Crippen MR) is 111 cm³/mol. The van der Waals surface area contributed by atoms with E-state index in [1.54, 1.807) is 6.20 Å². The van der Waals surface area contributed by atoms with Gasteiger partial charge in [0.1, 0.15) is 5.82 Å². The van der Waals surface area contributed by atoms with Crippen LogP contribution in [-0.2, 0) is 6.54 Å². The van der Waals surface area contributed by atoms with Gasteiger partial charge in [0.15, 0.2) is 0 Å². The highest BCUT2D eigenvalue weighted by molar-refractivity contribution is 5.94. The fraction of sp³-hybridized carbons (Fsp3) is 0.217. The summed E-state index contributed by atoms with van der Waals surface area (Å²) in [6.45, 7) is 3.17. The number of benzene rings is 2. The predicted octanol–water partition coefficient (Wildman–Crippen LogP) is 3.16. The third-order valence-electron chi connectivity index (χ3n) is 5.01. The minimum Gasteiger partial charge on any atom is -0.353 e. The summed E-state index contributed by atoms with van der Waals surface area (Å²) in [5.41, 5.74) is 2.94. The van der Waals surface area contributed by atoms with Gasteiger partial charge in [0.2, 0.25) is 0 Å². The monoisotopic (exact) mass is 372 g/mol. The number of anilines is 1. The van der Waals surface area contributed by atoms with E-state index in [4.69, 9.17) is 0 Å². The zero-order valence-corrected chi connectivity index (χ0v) is 15.7. The maximum Gasteiger partial charge on any atom is 0.253 e. The van der Waals surface area contributed by atoms with Crippen LogP contribution in [0, 0.1) is 0 Å². The highest BCUT2D eigenvalue weighted by Gasteiger charge is 2.21. The van der Waals surface area contributed by atoms with E-state index in [-0.39, 0.29) is 11.9 Å². The van der Waals surface area contributed by atoms with Crippen molar-refractivity contribution in [3.8, 4) is 0 Å². The number of amides is 1. The number of rotatable bonds is 5. The molecule has 0 bridgehead atoms. The van der Waals surface area contributed by atoms with Crippen molar-refractivity contribution in [3.63, 3.8) is 0 Å². The Morgan fingerprint density at radius 1 is 1.04 bits per heavy atom. The van der Waals surface area contributed by atoms with Crippen LogP contribution in [0.5, 0.6) is 0 Å². The van der Waals surface area contributed by atoms with Gasteiger partial charge in [0, 0.05) is 38.4 Å². The summed E-state index contributed by atoms with van der Waals surface area (Å²) < 4.78 is 0. The van der Waals surface area contributed by atoms with Crippen LogP contribution < -0.4 is 15.5 Å². The Balaban J connectivity index is 1.38. The summed E-state index contributed by atoms with van der Waals surface area (Å²) in [5.74, 6) is 0.799. The second-order valence-corrected chi connectivity index (χ2v) is 6.94. The van der Waals surface area contributed by atoms with Gasteiger partial charge < -0.3 is 15.5 Å². The highest BCUT2D eigenvalue weighted by atomic mass is 16.1. The van der Waals surface area contributed by atoms with Crippen molar-refractivity contribution in [1.29, 1.82) is 0 Å². The van der Waals surface area contributed by atoms with E-state index in [1.807, 2.05) is 48.5 Å². The number of carbonyl (C=O) groups is 1. The lowest BCUT2D eigenvalue weighted by atomic mass is 10.0. The third kappa shape index (κ3) is 4.38. The molecule has 1 aliphatic heterocycles. The average molecular weight is 372 g/mol. The van der Waals surface area contributed by atoms with Crippen LogP contribution in [0.3, 0.4) is 0 Å². The molecule has 0 spiro atoms. The summed E-state index contributed by atoms with van der Waals surface area (Å²) in [5, 5.41) is 6.50. The number of carbonyl (C=O) groups excluding carboxylic acids is 1. The van der Waals surface area contributed by atoms with Crippen molar-refractivity contribution in [2.45, 2.75) is 12.6 Å². The van der Waals surface area contributed by atoms with Crippen LogP contribution in [0.1, 0.15) is 27.5 Å². The summed E-state index contributed by atoms with van der Waals surface area (Å²) >= 11 is 0. The Hall–Kier alpha value is -3.18. The molecule has 1 amide bonds. The summed E-state index contributed by atoms with van der Waals surface area (Å²) in [6, 6.07) is 24.4. The maximum atomic E-state index is 12.4. The van der Waals surface area contributed by atoms with Gasteiger partial charge >= 0.3 is 0 Å². The van der Waals surface area contributed by atoms with Crippen molar-refractivity contribution in [3.05, 3.63) is 95.7 Å². The molecule has 1 aliphatic rings. The van der Waals surface area contributed by atoms with Gasteiger partial charge in [0.05, 0.1) is 5.56 Å². The number of hydrogen-bond acceptors (Lipinski definition) is 4. The molecule has 0 unspecified atom stereocenters. The maximum absolute atomic E-state index is 12.4. The average Bonchev–Trinajstić information content (AvgIpc) is 2.79. The molecule has 1 fully saturated rings. The Labute approximate surface area is 165 Å². The normalized spacial score (nSPS) is 16.6. The lowest BCUT2D eigenvalue weighted by Crippen LogP contribution is -2.46. The van der Waals surface area contributed by atoms with Gasteiger partial charge in [-0.2, -0.15) is 0 Å². The van der Waals surface area contributed by atoms with Crippen molar-refractivity contribution >= 4 is 11.7 Å². The fourth-order valence-electron chi connectivity index (χ4n) is 3.45. The lowest BCUT2D eigenvalue weighted by Gasteiger charge is -2.34. The first-order valence-corrected chi connectivity index (χ1v) is 9.61. The molecule has 1 saturated heterocycles. The van der Waals surface area contributed by atoms with E-state index in [1.165, 1.54) is 5.56 Å². The second-order valence-electron chi connectivity index (χ2n) is 6.94. The van der Waals surface area contributed by atoms with E-state index < -0.39 is 0 Å². The van der Waals surface area contributed by atoms with Crippen LogP contribution in [0.25, 0.3) is 0 Å². The second kappa shape index (κ2) is 8.67. The molecule has 0 saturated carbocycles. The van der Waals surface area contributed by atoms with E-state index >= 15 is 0 Å². The number of nitrogens with zero attached hydrogens (tertiary/aromatic N) is 2. The number of aromatic nitrogens is 1. The minimum atomic E-state index is -0.106. The molecule has 2 aromatic carbocycles. The van der Waals surface area contributed by atoms with Gasteiger partial charge in [-0.3, -0.25) is 4.79 Å². The first kappa shape index (κ1) is 18.2. The van der Waals surface area contributed by atoms with Gasteiger partial charge in [-0.1, -0.05) is 60.7 Å². The quantitative estimate of drug-likeness (QED) is 0.722. The molecule has 5 nitrogen and oxygen atoms in total. The van der Waals surface area contributed by atoms with Crippen LogP contribution in [0.2, 0.25) is 0 Å². The summed E-state index contributed by atoms with van der Waals surface area (Å²) in [6.07, 6.45) is 1.66.